The molecule has 1 aliphatic rings. The fraction of sp³-hybridized carbons (Fsp3) is 1.00. The van der Waals surface area contributed by atoms with Crippen molar-refractivity contribution in [2.75, 3.05) is 26.2 Å². The van der Waals surface area contributed by atoms with Gasteiger partial charge in [0.2, 0.25) is 0 Å². The Bertz CT molecular complexity index is 117. The highest BCUT2D eigenvalue weighted by Crippen LogP contribution is 2.19. The van der Waals surface area contributed by atoms with Gasteiger partial charge in [-0.1, -0.05) is 20.8 Å². The number of hydrogen-bond acceptors (Lipinski definition) is 2. The van der Waals surface area contributed by atoms with Crippen LogP contribution in [0.1, 0.15) is 20.8 Å². The van der Waals surface area contributed by atoms with Gasteiger partial charge in [-0.3, -0.25) is 0 Å². The maximum atomic E-state index is 3.49. The highest BCUT2D eigenvalue weighted by Gasteiger charge is 2.30. The van der Waals surface area contributed by atoms with Crippen LogP contribution < -0.4 is 10.6 Å². The summed E-state index contributed by atoms with van der Waals surface area (Å²) in [5, 5.41) is 6.79. The Morgan fingerprint density at radius 2 is 2.09 bits per heavy atom. The molecular weight excluding hydrogens is 136 g/mol. The third-order valence-electron chi connectivity index (χ3n) is 2.21. The fourth-order valence-electron chi connectivity index (χ4n) is 1.34. The Labute approximate surface area is 69.8 Å². The molecule has 0 aromatic heterocycles. The Morgan fingerprint density at radius 1 is 1.45 bits per heavy atom. The van der Waals surface area contributed by atoms with Gasteiger partial charge in [0.05, 0.1) is 0 Å². The van der Waals surface area contributed by atoms with Gasteiger partial charge in [-0.15, -0.1) is 0 Å². The summed E-state index contributed by atoms with van der Waals surface area (Å²) in [4.78, 5) is 0. The highest BCUT2D eigenvalue weighted by molar-refractivity contribution is 4.89. The third kappa shape index (κ3) is 2.80. The Kier molecular flexibility index (Phi) is 2.90. The zero-order chi connectivity index (χ0) is 8.32. The van der Waals surface area contributed by atoms with E-state index in [2.05, 4.69) is 31.4 Å². The Hall–Kier alpha value is -0.0800. The monoisotopic (exact) mass is 156 g/mol. The zero-order valence-corrected chi connectivity index (χ0v) is 7.91. The summed E-state index contributed by atoms with van der Waals surface area (Å²) in [7, 11) is 0. The molecular formula is C9H20N2. The quantitative estimate of drug-likeness (QED) is 0.630. The van der Waals surface area contributed by atoms with Crippen LogP contribution in [0.15, 0.2) is 0 Å². The van der Waals surface area contributed by atoms with E-state index in [0.717, 1.165) is 19.0 Å². The summed E-state index contributed by atoms with van der Waals surface area (Å²) >= 11 is 0. The van der Waals surface area contributed by atoms with Gasteiger partial charge >= 0.3 is 0 Å². The molecule has 0 saturated carbocycles. The van der Waals surface area contributed by atoms with Gasteiger partial charge in [0.1, 0.15) is 0 Å². The largest absolute Gasteiger partial charge is 0.316 e. The molecule has 2 heteroatoms. The lowest BCUT2D eigenvalue weighted by atomic mass is 9.84. The molecule has 2 nitrogen and oxygen atoms in total. The lowest BCUT2D eigenvalue weighted by Gasteiger charge is -2.39. The van der Waals surface area contributed by atoms with Gasteiger partial charge in [-0.05, 0) is 12.5 Å². The molecule has 0 atom stereocenters. The smallest absolute Gasteiger partial charge is 0.00490 e. The maximum Gasteiger partial charge on any atom is 0.00490 e. The second kappa shape index (κ2) is 3.55. The third-order valence-corrected chi connectivity index (χ3v) is 2.21. The predicted octanol–water partition coefficient (Wildman–Crippen LogP) is 0.842. The SMILES string of the molecule is CC(C)CNCC1(C)CNC1. The molecule has 0 bridgehead atoms. The van der Waals surface area contributed by atoms with Crippen molar-refractivity contribution in [3.05, 3.63) is 0 Å². The van der Waals surface area contributed by atoms with Crippen LogP contribution in [0, 0.1) is 11.3 Å². The summed E-state index contributed by atoms with van der Waals surface area (Å²) in [6.45, 7) is 11.5. The van der Waals surface area contributed by atoms with Crippen molar-refractivity contribution >= 4 is 0 Å². The van der Waals surface area contributed by atoms with Gasteiger partial charge in [-0.2, -0.15) is 0 Å². The molecule has 0 spiro atoms. The van der Waals surface area contributed by atoms with Crippen LogP contribution in [0.5, 0.6) is 0 Å². The van der Waals surface area contributed by atoms with E-state index in [9.17, 15) is 0 Å². The summed E-state index contributed by atoms with van der Waals surface area (Å²) in [5.74, 6) is 0.770. The van der Waals surface area contributed by atoms with E-state index in [1.807, 2.05) is 0 Å². The average Bonchev–Trinajstić information content (AvgIpc) is 1.83. The minimum atomic E-state index is 0.537. The first kappa shape index (κ1) is 9.01. The number of nitrogens with one attached hydrogen (secondary N) is 2. The van der Waals surface area contributed by atoms with Crippen molar-refractivity contribution in [1.82, 2.24) is 10.6 Å². The number of rotatable bonds is 4. The Balaban J connectivity index is 2.02. The second-order valence-corrected chi connectivity index (χ2v) is 4.44. The topological polar surface area (TPSA) is 24.1 Å². The van der Waals surface area contributed by atoms with E-state index in [1.54, 1.807) is 0 Å². The van der Waals surface area contributed by atoms with Crippen LogP contribution in [0.3, 0.4) is 0 Å². The van der Waals surface area contributed by atoms with Crippen LogP contribution in [0.4, 0.5) is 0 Å². The van der Waals surface area contributed by atoms with Crippen molar-refractivity contribution in [2.45, 2.75) is 20.8 Å². The number of hydrogen-bond donors (Lipinski definition) is 2. The first-order valence-corrected chi connectivity index (χ1v) is 4.54. The molecule has 1 rings (SSSR count). The van der Waals surface area contributed by atoms with Gasteiger partial charge in [-0.25, -0.2) is 0 Å². The lowest BCUT2D eigenvalue weighted by Crippen LogP contribution is -2.56. The van der Waals surface area contributed by atoms with Gasteiger partial charge in [0.25, 0.3) is 0 Å². The van der Waals surface area contributed by atoms with Crippen LogP contribution in [-0.4, -0.2) is 26.2 Å². The molecule has 2 N–H and O–H groups in total. The Morgan fingerprint density at radius 3 is 2.45 bits per heavy atom. The standard InChI is InChI=1S/C9H20N2/c1-8(2)4-10-5-9(3)6-11-7-9/h8,10-11H,4-7H2,1-3H3. The second-order valence-electron chi connectivity index (χ2n) is 4.44. The van der Waals surface area contributed by atoms with E-state index in [4.69, 9.17) is 0 Å². The summed E-state index contributed by atoms with van der Waals surface area (Å²) in [6.07, 6.45) is 0. The molecule has 11 heavy (non-hydrogen) atoms. The highest BCUT2D eigenvalue weighted by atomic mass is 15.0. The van der Waals surface area contributed by atoms with E-state index in [1.165, 1.54) is 13.1 Å². The molecule has 1 saturated heterocycles. The maximum absolute atomic E-state index is 3.49. The normalized spacial score (nSPS) is 21.8. The van der Waals surface area contributed by atoms with Crippen LogP contribution in [-0.2, 0) is 0 Å². The molecule has 1 fully saturated rings. The first-order chi connectivity index (χ1) is 5.12. The summed E-state index contributed by atoms with van der Waals surface area (Å²) < 4.78 is 0. The molecule has 0 aromatic carbocycles. The molecule has 0 aliphatic carbocycles. The average molecular weight is 156 g/mol. The minimum Gasteiger partial charge on any atom is -0.316 e. The van der Waals surface area contributed by atoms with Crippen molar-refractivity contribution in [2.24, 2.45) is 11.3 Å². The van der Waals surface area contributed by atoms with E-state index < -0.39 is 0 Å². The van der Waals surface area contributed by atoms with Crippen molar-refractivity contribution < 1.29 is 0 Å². The first-order valence-electron chi connectivity index (χ1n) is 4.54. The fourth-order valence-corrected chi connectivity index (χ4v) is 1.34. The predicted molar refractivity (Wildman–Crippen MR) is 48.7 cm³/mol. The van der Waals surface area contributed by atoms with E-state index >= 15 is 0 Å². The zero-order valence-electron chi connectivity index (χ0n) is 7.91. The lowest BCUT2D eigenvalue weighted by molar-refractivity contribution is 0.188. The van der Waals surface area contributed by atoms with Crippen molar-refractivity contribution in [3.8, 4) is 0 Å². The molecule has 1 aliphatic heterocycles. The van der Waals surface area contributed by atoms with Gasteiger partial charge in [0.15, 0.2) is 0 Å². The van der Waals surface area contributed by atoms with E-state index in [-0.39, 0.29) is 0 Å². The summed E-state index contributed by atoms with van der Waals surface area (Å²) in [5.41, 5.74) is 0.537. The van der Waals surface area contributed by atoms with Gasteiger partial charge in [0, 0.05) is 25.0 Å². The molecule has 0 unspecified atom stereocenters. The van der Waals surface area contributed by atoms with Crippen molar-refractivity contribution in [3.63, 3.8) is 0 Å². The van der Waals surface area contributed by atoms with Crippen molar-refractivity contribution in [1.29, 1.82) is 0 Å². The molecule has 1 heterocycles. The van der Waals surface area contributed by atoms with Crippen LogP contribution >= 0.6 is 0 Å². The minimum absolute atomic E-state index is 0.537. The molecule has 0 aromatic rings. The van der Waals surface area contributed by atoms with Crippen LogP contribution in [0.25, 0.3) is 0 Å². The summed E-state index contributed by atoms with van der Waals surface area (Å²) in [6, 6.07) is 0. The molecule has 0 radical (unpaired) electrons. The molecule has 0 amide bonds. The van der Waals surface area contributed by atoms with Gasteiger partial charge < -0.3 is 10.6 Å². The molecule has 66 valence electrons. The van der Waals surface area contributed by atoms with E-state index in [0.29, 0.717) is 5.41 Å². The van der Waals surface area contributed by atoms with Crippen LogP contribution in [0.2, 0.25) is 0 Å².